The average Bonchev–Trinajstić information content (AvgIpc) is 3.11. The molecule has 1 amide bonds. The van der Waals surface area contributed by atoms with Crippen LogP contribution in [-0.4, -0.2) is 41.3 Å². The monoisotopic (exact) mass is 368 g/mol. The Morgan fingerprint density at radius 2 is 2.16 bits per heavy atom. The molecular formula is C15H20N4O5S. The molecule has 0 aromatic heterocycles. The van der Waals surface area contributed by atoms with E-state index in [-0.39, 0.29) is 16.9 Å². The number of hydrazine groups is 1. The molecule has 0 saturated carbocycles. The molecule has 25 heavy (non-hydrogen) atoms. The summed E-state index contributed by atoms with van der Waals surface area (Å²) in [4.78, 5) is 22.1. The first-order valence-electron chi connectivity index (χ1n) is 7.82. The normalized spacial score (nSPS) is 17.4. The van der Waals surface area contributed by atoms with Gasteiger partial charge in [0.05, 0.1) is 11.0 Å². The van der Waals surface area contributed by atoms with Gasteiger partial charge in [0.2, 0.25) is 0 Å². The number of hydrogen-bond donors (Lipinski definition) is 3. The van der Waals surface area contributed by atoms with Crippen LogP contribution in [0.1, 0.15) is 19.8 Å². The molecule has 2 rings (SSSR count). The van der Waals surface area contributed by atoms with Crippen LogP contribution in [0.4, 0.5) is 5.69 Å². The Kier molecular flexibility index (Phi) is 6.90. The Morgan fingerprint density at radius 1 is 1.44 bits per heavy atom. The van der Waals surface area contributed by atoms with Crippen LogP contribution in [0.25, 0.3) is 0 Å². The second-order valence-electron chi connectivity index (χ2n) is 5.47. The molecular weight excluding hydrogens is 348 g/mol. The number of benzene rings is 1. The Morgan fingerprint density at radius 3 is 2.76 bits per heavy atom. The lowest BCUT2D eigenvalue weighted by Gasteiger charge is -2.17. The van der Waals surface area contributed by atoms with Gasteiger partial charge in [-0.3, -0.25) is 25.8 Å². The standard InChI is InChI=1S/C15H20N4O5S/c1-10(24-12-6-4-11(5-7-12)19(21)22)14(20)17-18-15(25)16-9-13-3-2-8-23-13/h4-7,10,13H,2-3,8-9H2,1H3,(H,17,20)(H2,16,18,25)/t10-,13-/m0/s1. The smallest absolute Gasteiger partial charge is 0.279 e. The number of non-ortho nitro benzene ring substituents is 1. The number of thiocarbonyl (C=S) groups is 1. The summed E-state index contributed by atoms with van der Waals surface area (Å²) in [6.07, 6.45) is 1.36. The van der Waals surface area contributed by atoms with Crippen LogP contribution in [0.3, 0.4) is 0 Å². The largest absolute Gasteiger partial charge is 0.481 e. The molecule has 3 N–H and O–H groups in total. The van der Waals surface area contributed by atoms with E-state index < -0.39 is 16.9 Å². The molecule has 1 aromatic rings. The highest BCUT2D eigenvalue weighted by Crippen LogP contribution is 2.18. The maximum atomic E-state index is 12.0. The minimum Gasteiger partial charge on any atom is -0.481 e. The quantitative estimate of drug-likeness (QED) is 0.388. The molecule has 0 spiro atoms. The van der Waals surface area contributed by atoms with Crippen LogP contribution < -0.4 is 20.9 Å². The molecule has 1 aliphatic rings. The van der Waals surface area contributed by atoms with Crippen LogP contribution >= 0.6 is 12.2 Å². The highest BCUT2D eigenvalue weighted by Gasteiger charge is 2.17. The van der Waals surface area contributed by atoms with E-state index >= 15 is 0 Å². The number of rotatable bonds is 6. The van der Waals surface area contributed by atoms with Crippen LogP contribution in [0.2, 0.25) is 0 Å². The second kappa shape index (κ2) is 9.14. The second-order valence-corrected chi connectivity index (χ2v) is 5.88. The number of carbonyl (C=O) groups excluding carboxylic acids is 1. The molecule has 0 radical (unpaired) electrons. The van der Waals surface area contributed by atoms with E-state index in [4.69, 9.17) is 21.7 Å². The molecule has 0 aliphatic carbocycles. The van der Waals surface area contributed by atoms with Crippen molar-refractivity contribution in [3.63, 3.8) is 0 Å². The summed E-state index contributed by atoms with van der Waals surface area (Å²) < 4.78 is 10.9. The highest BCUT2D eigenvalue weighted by atomic mass is 32.1. The first kappa shape index (κ1) is 18.9. The van der Waals surface area contributed by atoms with Gasteiger partial charge in [0, 0.05) is 25.3 Å². The lowest BCUT2D eigenvalue weighted by Crippen LogP contribution is -2.51. The molecule has 0 bridgehead atoms. The van der Waals surface area contributed by atoms with Crippen LogP contribution in [0, 0.1) is 10.1 Å². The van der Waals surface area contributed by atoms with Crippen molar-refractivity contribution in [1.29, 1.82) is 0 Å². The number of nitrogens with zero attached hydrogens (tertiary/aromatic N) is 1. The Labute approximate surface area is 150 Å². The number of carbonyl (C=O) groups is 1. The molecule has 1 saturated heterocycles. The van der Waals surface area contributed by atoms with Crippen molar-refractivity contribution in [2.24, 2.45) is 0 Å². The fourth-order valence-corrected chi connectivity index (χ4v) is 2.31. The molecule has 1 heterocycles. The van der Waals surface area contributed by atoms with E-state index in [0.717, 1.165) is 19.4 Å². The van der Waals surface area contributed by atoms with Crippen molar-refractivity contribution in [3.8, 4) is 5.75 Å². The number of amides is 1. The van der Waals surface area contributed by atoms with Crippen LogP contribution in [0.15, 0.2) is 24.3 Å². The lowest BCUT2D eigenvalue weighted by atomic mass is 10.2. The first-order chi connectivity index (χ1) is 12.0. The number of nitro groups is 1. The summed E-state index contributed by atoms with van der Waals surface area (Å²) in [6, 6.07) is 5.48. The van der Waals surface area contributed by atoms with Crippen molar-refractivity contribution in [2.75, 3.05) is 13.2 Å². The van der Waals surface area contributed by atoms with Gasteiger partial charge in [-0.05, 0) is 44.1 Å². The topological polar surface area (TPSA) is 115 Å². The van der Waals surface area contributed by atoms with E-state index in [1.54, 1.807) is 6.92 Å². The number of ether oxygens (including phenoxy) is 2. The number of hydrogen-bond acceptors (Lipinski definition) is 6. The van der Waals surface area contributed by atoms with Crippen molar-refractivity contribution in [1.82, 2.24) is 16.2 Å². The Hall–Kier alpha value is -2.46. The van der Waals surface area contributed by atoms with Crippen LogP contribution in [0.5, 0.6) is 5.75 Å². The zero-order valence-electron chi connectivity index (χ0n) is 13.7. The van der Waals surface area contributed by atoms with E-state index in [0.29, 0.717) is 12.3 Å². The molecule has 2 atom stereocenters. The Bertz CT molecular complexity index is 619. The first-order valence-corrected chi connectivity index (χ1v) is 8.23. The highest BCUT2D eigenvalue weighted by molar-refractivity contribution is 7.80. The van der Waals surface area contributed by atoms with Gasteiger partial charge in [-0.2, -0.15) is 0 Å². The van der Waals surface area contributed by atoms with E-state index in [9.17, 15) is 14.9 Å². The molecule has 1 aliphatic heterocycles. The third kappa shape index (κ3) is 6.16. The zero-order chi connectivity index (χ0) is 18.2. The molecule has 10 heteroatoms. The van der Waals surface area contributed by atoms with Crippen molar-refractivity contribution in [2.45, 2.75) is 32.0 Å². The third-order valence-corrected chi connectivity index (χ3v) is 3.79. The van der Waals surface area contributed by atoms with E-state index in [2.05, 4.69) is 16.2 Å². The maximum Gasteiger partial charge on any atom is 0.279 e. The predicted molar refractivity (Wildman–Crippen MR) is 94.0 cm³/mol. The van der Waals surface area contributed by atoms with Gasteiger partial charge in [0.25, 0.3) is 11.6 Å². The van der Waals surface area contributed by atoms with Crippen LogP contribution in [-0.2, 0) is 9.53 Å². The number of nitrogens with one attached hydrogen (secondary N) is 3. The molecule has 136 valence electrons. The van der Waals surface area contributed by atoms with E-state index in [1.165, 1.54) is 24.3 Å². The predicted octanol–water partition coefficient (Wildman–Crippen LogP) is 1.04. The molecule has 9 nitrogen and oxygen atoms in total. The minimum atomic E-state index is -0.810. The van der Waals surface area contributed by atoms with Crippen molar-refractivity contribution >= 4 is 28.9 Å². The summed E-state index contributed by atoms with van der Waals surface area (Å²) in [5.41, 5.74) is 4.99. The SMILES string of the molecule is C[C@H](Oc1ccc([N+](=O)[O-])cc1)C(=O)NNC(=S)NC[C@@H]1CCCO1. The molecule has 1 aromatic carbocycles. The van der Waals surface area contributed by atoms with Gasteiger partial charge in [0.15, 0.2) is 11.2 Å². The average molecular weight is 368 g/mol. The van der Waals surface area contributed by atoms with Gasteiger partial charge < -0.3 is 14.8 Å². The third-order valence-electron chi connectivity index (χ3n) is 3.54. The fourth-order valence-electron chi connectivity index (χ4n) is 2.18. The summed E-state index contributed by atoms with van der Waals surface area (Å²) >= 11 is 5.06. The van der Waals surface area contributed by atoms with Crippen molar-refractivity contribution < 1.29 is 19.2 Å². The summed E-state index contributed by atoms with van der Waals surface area (Å²) in [6.45, 7) is 2.90. The molecule has 1 fully saturated rings. The van der Waals surface area contributed by atoms with Gasteiger partial charge in [0.1, 0.15) is 5.75 Å². The fraction of sp³-hybridized carbons (Fsp3) is 0.467. The Balaban J connectivity index is 1.70. The van der Waals surface area contributed by atoms with Gasteiger partial charge in [-0.15, -0.1) is 0 Å². The van der Waals surface area contributed by atoms with E-state index in [1.807, 2.05) is 0 Å². The van der Waals surface area contributed by atoms with Crippen molar-refractivity contribution in [3.05, 3.63) is 34.4 Å². The summed E-state index contributed by atoms with van der Waals surface area (Å²) in [7, 11) is 0. The number of nitro benzene ring substituents is 1. The van der Waals surface area contributed by atoms with Gasteiger partial charge >= 0.3 is 0 Å². The van der Waals surface area contributed by atoms with Gasteiger partial charge in [-0.25, -0.2) is 0 Å². The minimum absolute atomic E-state index is 0.0474. The van der Waals surface area contributed by atoms with Gasteiger partial charge in [-0.1, -0.05) is 0 Å². The lowest BCUT2D eigenvalue weighted by molar-refractivity contribution is -0.384. The summed E-state index contributed by atoms with van der Waals surface area (Å²) in [5.74, 6) is -0.0769. The zero-order valence-corrected chi connectivity index (χ0v) is 14.5. The molecule has 0 unspecified atom stereocenters. The summed E-state index contributed by atoms with van der Waals surface area (Å²) in [5, 5.41) is 13.8. The maximum absolute atomic E-state index is 12.0.